The van der Waals surface area contributed by atoms with Crippen LogP contribution >= 0.6 is 0 Å². The van der Waals surface area contributed by atoms with Crippen LogP contribution in [0.5, 0.6) is 0 Å². The molecule has 0 amide bonds. The van der Waals surface area contributed by atoms with Gasteiger partial charge in [0.15, 0.2) is 0 Å². The highest BCUT2D eigenvalue weighted by Crippen LogP contribution is 2.51. The molecule has 19 heavy (non-hydrogen) atoms. The van der Waals surface area contributed by atoms with Crippen molar-refractivity contribution in [3.63, 3.8) is 0 Å². The number of hydrogen-bond donors (Lipinski definition) is 0. The van der Waals surface area contributed by atoms with Gasteiger partial charge in [-0.15, -0.1) is 0 Å². The predicted octanol–water partition coefficient (Wildman–Crippen LogP) is 3.74. The van der Waals surface area contributed by atoms with Crippen LogP contribution in [0.25, 0.3) is 0 Å². The van der Waals surface area contributed by atoms with Crippen LogP contribution in [0.15, 0.2) is 30.3 Å². The van der Waals surface area contributed by atoms with Gasteiger partial charge >= 0.3 is 0 Å². The van der Waals surface area contributed by atoms with Crippen molar-refractivity contribution in [2.45, 2.75) is 51.7 Å². The van der Waals surface area contributed by atoms with Crippen LogP contribution in [0.4, 0.5) is 0 Å². The average molecular weight is 258 g/mol. The van der Waals surface area contributed by atoms with E-state index in [9.17, 15) is 4.79 Å². The number of benzene rings is 1. The number of rotatable bonds is 3. The third-order valence-corrected chi connectivity index (χ3v) is 4.95. The smallest absolute Gasteiger partial charge is 0.139 e. The van der Waals surface area contributed by atoms with E-state index in [4.69, 9.17) is 4.74 Å². The van der Waals surface area contributed by atoms with Crippen molar-refractivity contribution in [2.75, 3.05) is 0 Å². The van der Waals surface area contributed by atoms with Gasteiger partial charge in [0.2, 0.25) is 0 Å². The summed E-state index contributed by atoms with van der Waals surface area (Å²) in [5, 5.41) is 0. The Labute approximate surface area is 115 Å². The van der Waals surface area contributed by atoms with Crippen LogP contribution in [0.2, 0.25) is 0 Å². The number of carbonyl (C=O) groups is 1. The van der Waals surface area contributed by atoms with Crippen molar-refractivity contribution < 1.29 is 9.53 Å². The molecule has 0 spiro atoms. The van der Waals surface area contributed by atoms with Crippen molar-refractivity contribution in [1.82, 2.24) is 0 Å². The highest BCUT2D eigenvalue weighted by molar-refractivity contribution is 5.83. The standard InChI is InChI=1S/C17H22O2/c1-17-10-5-8-14(18)16(17)15(9-11-17)19-12-13-6-3-2-4-7-13/h2-4,6-7,15-16H,5,8-12H2,1H3/t15?,16-,17+/m1/s1. The highest BCUT2D eigenvalue weighted by Gasteiger charge is 2.50. The number of ether oxygens (including phenoxy) is 1. The minimum absolute atomic E-state index is 0.137. The van der Waals surface area contributed by atoms with Crippen LogP contribution < -0.4 is 0 Å². The summed E-state index contributed by atoms with van der Waals surface area (Å²) in [6, 6.07) is 10.2. The first-order chi connectivity index (χ1) is 9.19. The van der Waals surface area contributed by atoms with E-state index < -0.39 is 0 Å². The topological polar surface area (TPSA) is 26.3 Å². The Kier molecular flexibility index (Phi) is 3.44. The Bertz CT molecular complexity index is 454. The van der Waals surface area contributed by atoms with Crippen molar-refractivity contribution >= 4 is 5.78 Å². The van der Waals surface area contributed by atoms with E-state index in [0.717, 1.165) is 25.7 Å². The normalized spacial score (nSPS) is 34.3. The molecule has 0 N–H and O–H groups in total. The van der Waals surface area contributed by atoms with Crippen LogP contribution in [-0.4, -0.2) is 11.9 Å². The highest BCUT2D eigenvalue weighted by atomic mass is 16.5. The summed E-state index contributed by atoms with van der Waals surface area (Å²) in [4.78, 5) is 12.2. The maximum atomic E-state index is 12.2. The van der Waals surface area contributed by atoms with Gasteiger partial charge in [0.25, 0.3) is 0 Å². The van der Waals surface area contributed by atoms with Crippen LogP contribution in [0.1, 0.15) is 44.6 Å². The second kappa shape index (κ2) is 5.09. The maximum Gasteiger partial charge on any atom is 0.139 e. The van der Waals surface area contributed by atoms with Gasteiger partial charge < -0.3 is 4.74 Å². The Morgan fingerprint density at radius 1 is 1.26 bits per heavy atom. The van der Waals surface area contributed by atoms with Gasteiger partial charge in [-0.05, 0) is 36.7 Å². The molecule has 102 valence electrons. The molecule has 1 unspecified atom stereocenters. The van der Waals surface area contributed by atoms with Gasteiger partial charge in [0.1, 0.15) is 5.78 Å². The molecule has 0 aromatic heterocycles. The molecular weight excluding hydrogens is 236 g/mol. The van der Waals surface area contributed by atoms with Crippen LogP contribution in [0.3, 0.4) is 0 Å². The molecule has 2 aliphatic rings. The number of fused-ring (bicyclic) bond motifs is 1. The van der Waals surface area contributed by atoms with Gasteiger partial charge in [-0.3, -0.25) is 4.79 Å². The molecule has 0 saturated heterocycles. The lowest BCUT2D eigenvalue weighted by molar-refractivity contribution is -0.135. The van der Waals surface area contributed by atoms with E-state index in [1.165, 1.54) is 12.0 Å². The molecule has 2 fully saturated rings. The minimum Gasteiger partial charge on any atom is -0.373 e. The largest absolute Gasteiger partial charge is 0.373 e. The molecule has 0 bridgehead atoms. The number of carbonyl (C=O) groups excluding carboxylic acids is 1. The molecule has 2 heteroatoms. The predicted molar refractivity (Wildman–Crippen MR) is 74.7 cm³/mol. The van der Waals surface area contributed by atoms with E-state index in [1.54, 1.807) is 0 Å². The lowest BCUT2D eigenvalue weighted by atomic mass is 9.68. The molecule has 2 aliphatic carbocycles. The Morgan fingerprint density at radius 3 is 2.84 bits per heavy atom. The first-order valence-corrected chi connectivity index (χ1v) is 7.37. The Balaban J connectivity index is 1.67. The third kappa shape index (κ3) is 2.46. The maximum absolute atomic E-state index is 12.2. The van der Waals surface area contributed by atoms with Gasteiger partial charge in [-0.1, -0.05) is 37.3 Å². The van der Waals surface area contributed by atoms with E-state index in [0.29, 0.717) is 12.4 Å². The number of hydrogen-bond acceptors (Lipinski definition) is 2. The fourth-order valence-corrected chi connectivity index (χ4v) is 3.90. The fraction of sp³-hybridized carbons (Fsp3) is 0.588. The van der Waals surface area contributed by atoms with Gasteiger partial charge in [0, 0.05) is 12.3 Å². The minimum atomic E-state index is 0.137. The zero-order chi connectivity index (χ0) is 13.3. The summed E-state index contributed by atoms with van der Waals surface area (Å²) in [5.74, 6) is 0.578. The first kappa shape index (κ1) is 12.9. The molecule has 0 heterocycles. The van der Waals surface area contributed by atoms with Gasteiger partial charge in [-0.2, -0.15) is 0 Å². The SMILES string of the molecule is C[C@@]12CCCC(=O)[C@@H]1C(OCc1ccccc1)CC2. The number of ketones is 1. The van der Waals surface area contributed by atoms with E-state index >= 15 is 0 Å². The Hall–Kier alpha value is -1.15. The molecule has 2 nitrogen and oxygen atoms in total. The molecule has 1 aromatic rings. The van der Waals surface area contributed by atoms with E-state index in [1.807, 2.05) is 18.2 Å². The monoisotopic (exact) mass is 258 g/mol. The molecule has 0 aliphatic heterocycles. The molecule has 1 aromatic carbocycles. The van der Waals surface area contributed by atoms with Crippen molar-refractivity contribution in [1.29, 1.82) is 0 Å². The lowest BCUT2D eigenvalue weighted by Gasteiger charge is -2.36. The Morgan fingerprint density at radius 2 is 2.05 bits per heavy atom. The quantitative estimate of drug-likeness (QED) is 0.825. The molecule has 2 saturated carbocycles. The second-order valence-corrected chi connectivity index (χ2v) is 6.33. The summed E-state index contributed by atoms with van der Waals surface area (Å²) < 4.78 is 6.07. The summed E-state index contributed by atoms with van der Waals surface area (Å²) in [7, 11) is 0. The molecule has 0 radical (unpaired) electrons. The summed E-state index contributed by atoms with van der Waals surface area (Å²) >= 11 is 0. The third-order valence-electron chi connectivity index (χ3n) is 4.95. The zero-order valence-electron chi connectivity index (χ0n) is 11.6. The summed E-state index contributed by atoms with van der Waals surface area (Å²) in [6.45, 7) is 2.91. The van der Waals surface area contributed by atoms with E-state index in [2.05, 4.69) is 19.1 Å². The van der Waals surface area contributed by atoms with Crippen molar-refractivity contribution in [2.24, 2.45) is 11.3 Å². The lowest BCUT2D eigenvalue weighted by Crippen LogP contribution is -2.39. The van der Waals surface area contributed by atoms with Crippen molar-refractivity contribution in [3.05, 3.63) is 35.9 Å². The molecule has 3 rings (SSSR count). The first-order valence-electron chi connectivity index (χ1n) is 7.37. The van der Waals surface area contributed by atoms with Gasteiger partial charge in [-0.25, -0.2) is 0 Å². The number of Topliss-reactive ketones (excluding diaryl/α,β-unsaturated/α-hetero) is 1. The van der Waals surface area contributed by atoms with Gasteiger partial charge in [0.05, 0.1) is 12.7 Å². The second-order valence-electron chi connectivity index (χ2n) is 6.33. The van der Waals surface area contributed by atoms with Crippen molar-refractivity contribution in [3.8, 4) is 0 Å². The molecule has 3 atom stereocenters. The fourth-order valence-electron chi connectivity index (χ4n) is 3.90. The van der Waals surface area contributed by atoms with Crippen LogP contribution in [-0.2, 0) is 16.1 Å². The zero-order valence-corrected chi connectivity index (χ0v) is 11.6. The summed E-state index contributed by atoms with van der Waals surface area (Å²) in [5.41, 5.74) is 1.40. The summed E-state index contributed by atoms with van der Waals surface area (Å²) in [6.07, 6.45) is 5.33. The van der Waals surface area contributed by atoms with Crippen LogP contribution in [0, 0.1) is 11.3 Å². The average Bonchev–Trinajstić information content (AvgIpc) is 2.76. The van der Waals surface area contributed by atoms with E-state index in [-0.39, 0.29) is 17.4 Å². The molecular formula is C17H22O2.